The fraction of sp³-hybridized carbons (Fsp3) is 0.400. The maximum Gasteiger partial charge on any atom is 0.271 e. The number of carbonyl (C=O) groups is 1. The first-order chi connectivity index (χ1) is 8.96. The van der Waals surface area contributed by atoms with Gasteiger partial charge in [-0.2, -0.15) is 5.10 Å². The molecule has 100 valence electrons. The van der Waals surface area contributed by atoms with Crippen LogP contribution in [0.5, 0.6) is 0 Å². The van der Waals surface area contributed by atoms with E-state index in [-0.39, 0.29) is 11.3 Å². The Labute approximate surface area is 113 Å². The maximum atomic E-state index is 11.9. The summed E-state index contributed by atoms with van der Waals surface area (Å²) in [6, 6.07) is 3.34. The summed E-state index contributed by atoms with van der Waals surface area (Å²) in [6.45, 7) is 6.52. The summed E-state index contributed by atoms with van der Waals surface area (Å²) in [5.74, 6) is -0.204. The fourth-order valence-electron chi connectivity index (χ4n) is 2.46. The Bertz CT molecular complexity index is 530. The minimum Gasteiger partial charge on any atom is -0.267 e. The third-order valence-electron chi connectivity index (χ3n) is 3.07. The normalized spacial score (nSPS) is 19.9. The summed E-state index contributed by atoms with van der Waals surface area (Å²) in [6.07, 6.45) is 7.19. The highest BCUT2D eigenvalue weighted by Gasteiger charge is 2.24. The number of aromatic nitrogens is 1. The van der Waals surface area contributed by atoms with E-state index < -0.39 is 0 Å². The molecule has 1 amide bonds. The smallest absolute Gasteiger partial charge is 0.267 e. The monoisotopic (exact) mass is 257 g/mol. The first-order valence-electron chi connectivity index (χ1n) is 6.40. The molecule has 0 saturated heterocycles. The average Bonchev–Trinajstić information content (AvgIpc) is 2.34. The number of hydrogen-bond acceptors (Lipinski definition) is 3. The second kappa shape index (κ2) is 5.34. The summed E-state index contributed by atoms with van der Waals surface area (Å²) < 4.78 is 0. The third-order valence-corrected chi connectivity index (χ3v) is 3.07. The predicted octanol–water partition coefficient (Wildman–Crippen LogP) is 2.93. The van der Waals surface area contributed by atoms with Crippen LogP contribution in [0.3, 0.4) is 0 Å². The highest BCUT2D eigenvalue weighted by atomic mass is 16.2. The lowest BCUT2D eigenvalue weighted by atomic mass is 9.77. The van der Waals surface area contributed by atoms with E-state index in [1.165, 1.54) is 5.57 Å². The minimum atomic E-state index is -0.204. The van der Waals surface area contributed by atoms with Crippen molar-refractivity contribution in [3.05, 3.63) is 41.7 Å². The molecule has 0 unspecified atom stereocenters. The van der Waals surface area contributed by atoms with Gasteiger partial charge in [-0.3, -0.25) is 9.78 Å². The molecule has 19 heavy (non-hydrogen) atoms. The Kier molecular flexibility index (Phi) is 3.79. The van der Waals surface area contributed by atoms with Gasteiger partial charge in [0.2, 0.25) is 0 Å². The quantitative estimate of drug-likeness (QED) is 0.828. The van der Waals surface area contributed by atoms with Gasteiger partial charge < -0.3 is 0 Å². The molecule has 2 rings (SSSR count). The lowest BCUT2D eigenvalue weighted by Gasteiger charge is -2.29. The molecule has 1 aliphatic rings. The molecule has 0 aliphatic heterocycles. The van der Waals surface area contributed by atoms with E-state index in [0.717, 1.165) is 18.6 Å². The molecular formula is C15H19N3O. The van der Waals surface area contributed by atoms with Crippen molar-refractivity contribution in [3.8, 4) is 0 Å². The van der Waals surface area contributed by atoms with Crippen LogP contribution in [0.4, 0.5) is 0 Å². The number of allylic oxidation sites excluding steroid dienone is 2. The lowest BCUT2D eigenvalue weighted by Crippen LogP contribution is -2.25. The molecule has 1 aliphatic carbocycles. The van der Waals surface area contributed by atoms with Crippen LogP contribution in [0.15, 0.2) is 41.3 Å². The van der Waals surface area contributed by atoms with E-state index in [4.69, 9.17) is 0 Å². The van der Waals surface area contributed by atoms with Gasteiger partial charge >= 0.3 is 0 Å². The highest BCUT2D eigenvalue weighted by Crippen LogP contribution is 2.33. The molecule has 0 atom stereocenters. The number of rotatable bonds is 2. The van der Waals surface area contributed by atoms with Crippen LogP contribution in [0.2, 0.25) is 0 Å². The predicted molar refractivity (Wildman–Crippen MR) is 75.9 cm³/mol. The van der Waals surface area contributed by atoms with Crippen molar-refractivity contribution in [1.82, 2.24) is 10.4 Å². The summed E-state index contributed by atoms with van der Waals surface area (Å²) in [4.78, 5) is 15.7. The summed E-state index contributed by atoms with van der Waals surface area (Å²) in [5, 5.41) is 4.23. The molecule has 0 spiro atoms. The molecule has 4 nitrogen and oxygen atoms in total. The summed E-state index contributed by atoms with van der Waals surface area (Å²) in [5.41, 5.74) is 5.60. The van der Waals surface area contributed by atoms with E-state index in [2.05, 4.69) is 42.4 Å². The van der Waals surface area contributed by atoms with Crippen LogP contribution in [0.1, 0.15) is 44.0 Å². The highest BCUT2D eigenvalue weighted by molar-refractivity contribution is 5.99. The van der Waals surface area contributed by atoms with Crippen molar-refractivity contribution < 1.29 is 4.79 Å². The molecule has 1 N–H and O–H groups in total. The van der Waals surface area contributed by atoms with Gasteiger partial charge in [-0.1, -0.05) is 19.4 Å². The van der Waals surface area contributed by atoms with E-state index in [1.54, 1.807) is 24.5 Å². The van der Waals surface area contributed by atoms with Crippen LogP contribution in [-0.4, -0.2) is 16.6 Å². The van der Waals surface area contributed by atoms with Crippen LogP contribution >= 0.6 is 0 Å². The Hall–Kier alpha value is -1.97. The van der Waals surface area contributed by atoms with E-state index >= 15 is 0 Å². The van der Waals surface area contributed by atoms with Gasteiger partial charge in [0.05, 0.1) is 5.71 Å². The fourth-order valence-corrected chi connectivity index (χ4v) is 2.46. The van der Waals surface area contributed by atoms with E-state index in [0.29, 0.717) is 5.56 Å². The topological polar surface area (TPSA) is 54.4 Å². The zero-order chi connectivity index (χ0) is 13.9. The number of carbonyl (C=O) groups excluding carboxylic acids is 1. The number of pyridine rings is 1. The molecule has 0 bridgehead atoms. The lowest BCUT2D eigenvalue weighted by molar-refractivity contribution is 0.0954. The van der Waals surface area contributed by atoms with Crippen molar-refractivity contribution in [2.75, 3.05) is 0 Å². The maximum absolute atomic E-state index is 11.9. The number of nitrogens with one attached hydrogen (secondary N) is 1. The van der Waals surface area contributed by atoms with Gasteiger partial charge in [-0.25, -0.2) is 5.43 Å². The Morgan fingerprint density at radius 3 is 2.63 bits per heavy atom. The van der Waals surface area contributed by atoms with Crippen LogP contribution in [-0.2, 0) is 0 Å². The summed E-state index contributed by atoms with van der Waals surface area (Å²) >= 11 is 0. The average molecular weight is 257 g/mol. The largest absolute Gasteiger partial charge is 0.271 e. The molecular weight excluding hydrogens is 238 g/mol. The van der Waals surface area contributed by atoms with Crippen LogP contribution < -0.4 is 5.43 Å². The third kappa shape index (κ3) is 3.74. The van der Waals surface area contributed by atoms with Crippen LogP contribution in [0, 0.1) is 5.41 Å². The van der Waals surface area contributed by atoms with Crippen molar-refractivity contribution in [3.63, 3.8) is 0 Å². The number of hydrogen-bond donors (Lipinski definition) is 1. The molecule has 1 heterocycles. The molecule has 0 fully saturated rings. The molecule has 0 saturated carbocycles. The van der Waals surface area contributed by atoms with Crippen molar-refractivity contribution in [1.29, 1.82) is 0 Å². The molecule has 4 heteroatoms. The van der Waals surface area contributed by atoms with Gasteiger partial charge in [0.15, 0.2) is 0 Å². The van der Waals surface area contributed by atoms with Gasteiger partial charge in [0, 0.05) is 18.0 Å². The van der Waals surface area contributed by atoms with Gasteiger partial charge in [0.25, 0.3) is 5.91 Å². The Morgan fingerprint density at radius 1 is 1.32 bits per heavy atom. The zero-order valence-electron chi connectivity index (χ0n) is 11.6. The number of nitrogens with zero attached hydrogens (tertiary/aromatic N) is 2. The first-order valence-corrected chi connectivity index (χ1v) is 6.40. The van der Waals surface area contributed by atoms with Crippen molar-refractivity contribution in [2.45, 2.75) is 33.6 Å². The Balaban J connectivity index is 2.07. The second-order valence-corrected chi connectivity index (χ2v) is 5.79. The van der Waals surface area contributed by atoms with Gasteiger partial charge in [0.1, 0.15) is 0 Å². The molecule has 0 radical (unpaired) electrons. The second-order valence-electron chi connectivity index (χ2n) is 5.79. The zero-order valence-corrected chi connectivity index (χ0v) is 11.6. The van der Waals surface area contributed by atoms with Gasteiger partial charge in [-0.05, 0) is 43.4 Å². The van der Waals surface area contributed by atoms with Gasteiger partial charge in [-0.15, -0.1) is 0 Å². The number of amides is 1. The van der Waals surface area contributed by atoms with Crippen molar-refractivity contribution in [2.24, 2.45) is 10.5 Å². The van der Waals surface area contributed by atoms with Crippen LogP contribution in [0.25, 0.3) is 0 Å². The SMILES string of the molecule is CC1=CC(=NNC(=O)c2ccncc2)CC(C)(C)C1. The summed E-state index contributed by atoms with van der Waals surface area (Å²) in [7, 11) is 0. The Morgan fingerprint density at radius 2 is 2.00 bits per heavy atom. The van der Waals surface area contributed by atoms with E-state index in [9.17, 15) is 4.79 Å². The molecule has 1 aromatic rings. The minimum absolute atomic E-state index is 0.204. The number of hydrazone groups is 1. The van der Waals surface area contributed by atoms with Crippen molar-refractivity contribution >= 4 is 11.6 Å². The molecule has 0 aromatic carbocycles. The van der Waals surface area contributed by atoms with E-state index in [1.807, 2.05) is 0 Å². The standard InChI is InChI=1S/C15H19N3O/c1-11-8-13(10-15(2,3)9-11)17-18-14(19)12-4-6-16-7-5-12/h4-8H,9-10H2,1-3H3,(H,18,19). The first kappa shape index (κ1) is 13.5. The molecule has 1 aromatic heterocycles.